The highest BCUT2D eigenvalue weighted by Crippen LogP contribution is 2.33. The van der Waals surface area contributed by atoms with Crippen molar-refractivity contribution >= 4 is 52.1 Å². The SMILES string of the molecule is Nc1cc(Nc2cc(Cl)c(Cl)cc2Cl)ncn1. The second kappa shape index (κ2) is 4.96. The first-order valence-electron chi connectivity index (χ1n) is 4.55. The number of hydrogen-bond acceptors (Lipinski definition) is 4. The zero-order valence-electron chi connectivity index (χ0n) is 8.42. The summed E-state index contributed by atoms with van der Waals surface area (Å²) in [5, 5.41) is 4.21. The summed E-state index contributed by atoms with van der Waals surface area (Å²) in [5.41, 5.74) is 6.13. The minimum absolute atomic E-state index is 0.360. The van der Waals surface area contributed by atoms with E-state index in [1.165, 1.54) is 6.33 Å². The number of nitrogens with one attached hydrogen (secondary N) is 1. The van der Waals surface area contributed by atoms with Crippen molar-refractivity contribution in [1.82, 2.24) is 9.97 Å². The maximum absolute atomic E-state index is 6.01. The molecule has 0 spiro atoms. The molecule has 3 N–H and O–H groups in total. The topological polar surface area (TPSA) is 63.8 Å². The number of benzene rings is 1. The number of anilines is 3. The lowest BCUT2D eigenvalue weighted by Crippen LogP contribution is -1.97. The number of hydrogen-bond donors (Lipinski definition) is 2. The monoisotopic (exact) mass is 288 g/mol. The molecule has 1 heterocycles. The van der Waals surface area contributed by atoms with Gasteiger partial charge in [0.25, 0.3) is 0 Å². The van der Waals surface area contributed by atoms with Crippen LogP contribution in [-0.2, 0) is 0 Å². The van der Waals surface area contributed by atoms with Gasteiger partial charge in [0.1, 0.15) is 18.0 Å². The Hall–Kier alpha value is -1.23. The summed E-state index contributed by atoms with van der Waals surface area (Å²) in [5.74, 6) is 0.886. The van der Waals surface area contributed by atoms with E-state index >= 15 is 0 Å². The van der Waals surface area contributed by atoms with Gasteiger partial charge < -0.3 is 11.1 Å². The van der Waals surface area contributed by atoms with Gasteiger partial charge in [-0.2, -0.15) is 0 Å². The summed E-state index contributed by atoms with van der Waals surface area (Å²) >= 11 is 17.7. The molecule has 7 heteroatoms. The zero-order chi connectivity index (χ0) is 12.4. The molecule has 0 aliphatic heterocycles. The predicted molar refractivity (Wildman–Crippen MR) is 71.2 cm³/mol. The van der Waals surface area contributed by atoms with Crippen molar-refractivity contribution in [3.8, 4) is 0 Å². The summed E-state index contributed by atoms with van der Waals surface area (Å²) in [6.45, 7) is 0. The van der Waals surface area contributed by atoms with E-state index < -0.39 is 0 Å². The third-order valence-electron chi connectivity index (χ3n) is 1.96. The van der Waals surface area contributed by atoms with E-state index in [9.17, 15) is 0 Å². The normalized spacial score (nSPS) is 10.3. The number of nitrogens with two attached hydrogens (primary N) is 1. The van der Waals surface area contributed by atoms with Crippen molar-refractivity contribution in [2.75, 3.05) is 11.1 Å². The Morgan fingerprint density at radius 2 is 1.65 bits per heavy atom. The van der Waals surface area contributed by atoms with Crippen LogP contribution in [0.25, 0.3) is 0 Å². The van der Waals surface area contributed by atoms with Crippen LogP contribution >= 0.6 is 34.8 Å². The lowest BCUT2D eigenvalue weighted by molar-refractivity contribution is 1.18. The molecule has 0 atom stereocenters. The lowest BCUT2D eigenvalue weighted by atomic mass is 10.3. The van der Waals surface area contributed by atoms with E-state index in [0.29, 0.717) is 32.4 Å². The van der Waals surface area contributed by atoms with Gasteiger partial charge in [-0.15, -0.1) is 0 Å². The van der Waals surface area contributed by atoms with Crippen molar-refractivity contribution in [3.05, 3.63) is 39.6 Å². The van der Waals surface area contributed by atoms with Crippen molar-refractivity contribution in [2.45, 2.75) is 0 Å². The van der Waals surface area contributed by atoms with Crippen LogP contribution in [0.4, 0.5) is 17.3 Å². The molecule has 17 heavy (non-hydrogen) atoms. The van der Waals surface area contributed by atoms with E-state index in [1.807, 2.05) is 0 Å². The fourth-order valence-electron chi connectivity index (χ4n) is 1.20. The van der Waals surface area contributed by atoms with E-state index in [-0.39, 0.29) is 0 Å². The molecular weight excluding hydrogens is 282 g/mol. The molecule has 0 amide bonds. The van der Waals surface area contributed by atoms with E-state index in [1.54, 1.807) is 18.2 Å². The van der Waals surface area contributed by atoms with Gasteiger partial charge >= 0.3 is 0 Å². The zero-order valence-corrected chi connectivity index (χ0v) is 10.7. The van der Waals surface area contributed by atoms with Crippen LogP contribution in [0, 0.1) is 0 Å². The number of rotatable bonds is 2. The standard InChI is InChI=1S/C10H7Cl3N4/c11-5-1-7(13)8(2-6(5)12)17-10-3-9(14)15-4-16-10/h1-4H,(H3,14,15,16,17). The fraction of sp³-hybridized carbons (Fsp3) is 0. The van der Waals surface area contributed by atoms with E-state index in [2.05, 4.69) is 15.3 Å². The maximum Gasteiger partial charge on any atom is 0.135 e. The molecule has 0 aliphatic carbocycles. The van der Waals surface area contributed by atoms with Gasteiger partial charge in [-0.05, 0) is 12.1 Å². The fourth-order valence-corrected chi connectivity index (χ4v) is 1.79. The lowest BCUT2D eigenvalue weighted by Gasteiger charge is -2.09. The van der Waals surface area contributed by atoms with Gasteiger partial charge in [0.15, 0.2) is 0 Å². The Balaban J connectivity index is 2.33. The highest BCUT2D eigenvalue weighted by atomic mass is 35.5. The average molecular weight is 290 g/mol. The third-order valence-corrected chi connectivity index (χ3v) is 3.00. The molecule has 4 nitrogen and oxygen atoms in total. The van der Waals surface area contributed by atoms with Crippen LogP contribution in [0.15, 0.2) is 24.5 Å². The summed E-state index contributed by atoms with van der Waals surface area (Å²) in [7, 11) is 0. The quantitative estimate of drug-likeness (QED) is 0.826. The first-order chi connectivity index (χ1) is 8.06. The summed E-state index contributed by atoms with van der Waals surface area (Å²) < 4.78 is 0. The smallest absolute Gasteiger partial charge is 0.135 e. The molecular formula is C10H7Cl3N4. The molecule has 88 valence electrons. The van der Waals surface area contributed by atoms with Crippen LogP contribution in [0.5, 0.6) is 0 Å². The van der Waals surface area contributed by atoms with Crippen LogP contribution in [-0.4, -0.2) is 9.97 Å². The Morgan fingerprint density at radius 3 is 2.35 bits per heavy atom. The number of halogens is 3. The van der Waals surface area contributed by atoms with Crippen LogP contribution in [0.3, 0.4) is 0 Å². The third kappa shape index (κ3) is 2.91. The van der Waals surface area contributed by atoms with E-state index in [0.717, 1.165) is 0 Å². The highest BCUT2D eigenvalue weighted by Gasteiger charge is 2.07. The Kier molecular flexibility index (Phi) is 3.57. The van der Waals surface area contributed by atoms with Gasteiger partial charge in [-0.1, -0.05) is 34.8 Å². The predicted octanol–water partition coefficient (Wildman–Crippen LogP) is 3.76. The van der Waals surface area contributed by atoms with Gasteiger partial charge in [0, 0.05) is 6.07 Å². The van der Waals surface area contributed by atoms with Gasteiger partial charge in [-0.25, -0.2) is 9.97 Å². The second-order valence-corrected chi connectivity index (χ2v) is 4.42. The second-order valence-electron chi connectivity index (χ2n) is 3.20. The molecule has 0 unspecified atom stereocenters. The van der Waals surface area contributed by atoms with Crippen molar-refractivity contribution < 1.29 is 0 Å². The first-order valence-corrected chi connectivity index (χ1v) is 5.69. The molecule has 0 fully saturated rings. The van der Waals surface area contributed by atoms with Crippen LogP contribution < -0.4 is 11.1 Å². The van der Waals surface area contributed by atoms with E-state index in [4.69, 9.17) is 40.5 Å². The largest absolute Gasteiger partial charge is 0.384 e. The minimum Gasteiger partial charge on any atom is -0.384 e. The van der Waals surface area contributed by atoms with Gasteiger partial charge in [0.2, 0.25) is 0 Å². The molecule has 1 aromatic carbocycles. The molecule has 0 saturated carbocycles. The summed E-state index contributed by atoms with van der Waals surface area (Å²) in [6.07, 6.45) is 1.35. The highest BCUT2D eigenvalue weighted by molar-refractivity contribution is 6.44. The molecule has 0 aliphatic rings. The Bertz CT molecular complexity index is 559. The number of nitrogen functional groups attached to an aromatic ring is 1. The summed E-state index contributed by atoms with van der Waals surface area (Å²) in [6, 6.07) is 4.75. The summed E-state index contributed by atoms with van der Waals surface area (Å²) in [4.78, 5) is 7.77. The van der Waals surface area contributed by atoms with Crippen LogP contribution in [0.2, 0.25) is 15.1 Å². The number of nitrogens with zero attached hydrogens (tertiary/aromatic N) is 2. The van der Waals surface area contributed by atoms with Crippen LogP contribution in [0.1, 0.15) is 0 Å². The molecule has 0 saturated heterocycles. The first kappa shape index (κ1) is 12.2. The van der Waals surface area contributed by atoms with Gasteiger partial charge in [-0.3, -0.25) is 0 Å². The Morgan fingerprint density at radius 1 is 0.941 bits per heavy atom. The Labute approximate surface area is 113 Å². The molecule has 2 aromatic rings. The molecule has 0 bridgehead atoms. The van der Waals surface area contributed by atoms with Crippen molar-refractivity contribution in [2.24, 2.45) is 0 Å². The minimum atomic E-state index is 0.360. The van der Waals surface area contributed by atoms with Gasteiger partial charge in [0.05, 0.1) is 20.8 Å². The number of aromatic nitrogens is 2. The molecule has 0 radical (unpaired) electrons. The van der Waals surface area contributed by atoms with Crippen molar-refractivity contribution in [1.29, 1.82) is 0 Å². The molecule has 2 rings (SSSR count). The van der Waals surface area contributed by atoms with Crippen molar-refractivity contribution in [3.63, 3.8) is 0 Å². The molecule has 1 aromatic heterocycles. The maximum atomic E-state index is 6.01. The average Bonchev–Trinajstić information content (AvgIpc) is 2.26.